The molecule has 1 fully saturated rings. The van der Waals surface area contributed by atoms with E-state index in [1.165, 1.54) is 19.3 Å². The highest BCUT2D eigenvalue weighted by Crippen LogP contribution is 2.28. The Balaban J connectivity index is 1.72. The first kappa shape index (κ1) is 20.6. The minimum Gasteiger partial charge on any atom is -0.474 e. The number of pyridine rings is 1. The number of esters is 1. The average molecular weight is 425 g/mol. The van der Waals surface area contributed by atoms with Gasteiger partial charge in [-0.1, -0.05) is 18.0 Å². The summed E-state index contributed by atoms with van der Waals surface area (Å²) in [5, 5.41) is 3.16. The summed E-state index contributed by atoms with van der Waals surface area (Å²) in [6, 6.07) is 3.62. The van der Waals surface area contributed by atoms with Crippen LogP contribution in [-0.4, -0.2) is 33.6 Å². The van der Waals surface area contributed by atoms with Crippen LogP contribution in [0.3, 0.4) is 0 Å². The van der Waals surface area contributed by atoms with E-state index < -0.39 is 5.97 Å². The van der Waals surface area contributed by atoms with Crippen LogP contribution < -0.4 is 10.1 Å². The normalized spacial score (nSPS) is 14.5. The van der Waals surface area contributed by atoms with Crippen molar-refractivity contribution in [3.8, 4) is 5.88 Å². The molecule has 0 bridgehead atoms. The van der Waals surface area contributed by atoms with Gasteiger partial charge in [0.05, 0.1) is 24.9 Å². The zero-order chi connectivity index (χ0) is 19.9. The van der Waals surface area contributed by atoms with E-state index >= 15 is 0 Å². The van der Waals surface area contributed by atoms with Gasteiger partial charge in [0.15, 0.2) is 0 Å². The van der Waals surface area contributed by atoms with E-state index in [4.69, 9.17) is 32.7 Å². The van der Waals surface area contributed by atoms with Crippen molar-refractivity contribution >= 4 is 40.7 Å². The number of aromatic nitrogens is 3. The Morgan fingerprint density at radius 2 is 2.00 bits per heavy atom. The molecule has 1 saturated carbocycles. The van der Waals surface area contributed by atoms with Gasteiger partial charge in [0.1, 0.15) is 17.1 Å². The molecule has 0 spiro atoms. The molecule has 2 heterocycles. The number of carbonyl (C=O) groups excluding carboxylic acids is 1. The van der Waals surface area contributed by atoms with Crippen LogP contribution in [0, 0.1) is 0 Å². The van der Waals surface area contributed by atoms with Gasteiger partial charge in [-0.3, -0.25) is 4.79 Å². The van der Waals surface area contributed by atoms with E-state index in [0.717, 1.165) is 12.8 Å². The number of hydrogen-bond donors (Lipinski definition) is 1. The summed E-state index contributed by atoms with van der Waals surface area (Å²) in [5.41, 5.74) is 1.07. The minimum atomic E-state index is -0.423. The van der Waals surface area contributed by atoms with Crippen molar-refractivity contribution in [2.45, 2.75) is 51.6 Å². The lowest BCUT2D eigenvalue weighted by molar-refractivity contribution is -0.142. The number of nitrogens with one attached hydrogen (secondary N) is 1. The number of halogens is 2. The van der Waals surface area contributed by atoms with Crippen molar-refractivity contribution < 1.29 is 14.3 Å². The van der Waals surface area contributed by atoms with E-state index in [-0.39, 0.29) is 29.6 Å². The number of hydrogen-bond acceptors (Lipinski definition) is 7. The van der Waals surface area contributed by atoms with E-state index in [1.54, 1.807) is 19.2 Å². The quantitative estimate of drug-likeness (QED) is 0.390. The smallest absolute Gasteiger partial charge is 0.310 e. The molecule has 0 aromatic carbocycles. The van der Waals surface area contributed by atoms with Crippen LogP contribution in [0.4, 0.5) is 11.5 Å². The topological polar surface area (TPSA) is 86.2 Å². The first-order valence-electron chi connectivity index (χ1n) is 9.32. The van der Waals surface area contributed by atoms with Crippen molar-refractivity contribution in [1.29, 1.82) is 0 Å². The van der Waals surface area contributed by atoms with Gasteiger partial charge in [0.2, 0.25) is 11.2 Å². The van der Waals surface area contributed by atoms with Gasteiger partial charge in [0, 0.05) is 11.6 Å². The molecule has 2 aromatic rings. The monoisotopic (exact) mass is 424 g/mol. The number of carbonyl (C=O) groups is 1. The summed E-state index contributed by atoms with van der Waals surface area (Å²) < 4.78 is 10.9. The van der Waals surface area contributed by atoms with Crippen molar-refractivity contribution in [2.24, 2.45) is 0 Å². The van der Waals surface area contributed by atoms with E-state index in [1.807, 2.05) is 6.07 Å². The fourth-order valence-electron chi connectivity index (χ4n) is 3.06. The van der Waals surface area contributed by atoms with Gasteiger partial charge in [0.25, 0.3) is 0 Å². The maximum atomic E-state index is 11.9. The summed E-state index contributed by atoms with van der Waals surface area (Å²) in [6.45, 7) is 2.01. The lowest BCUT2D eigenvalue weighted by atomic mass is 9.98. The Labute approximate surface area is 173 Å². The van der Waals surface area contributed by atoms with Crippen LogP contribution in [0.2, 0.25) is 10.4 Å². The summed E-state index contributed by atoms with van der Waals surface area (Å²) in [4.78, 5) is 24.3. The highest BCUT2D eigenvalue weighted by Gasteiger charge is 2.18. The predicted octanol–water partition coefficient (Wildman–Crippen LogP) is 4.74. The Morgan fingerprint density at radius 1 is 1.21 bits per heavy atom. The molecule has 0 amide bonds. The molecule has 1 aliphatic rings. The summed E-state index contributed by atoms with van der Waals surface area (Å²) in [5.74, 6) is 0.497. The largest absolute Gasteiger partial charge is 0.474 e. The van der Waals surface area contributed by atoms with Gasteiger partial charge in [-0.25, -0.2) is 15.0 Å². The van der Waals surface area contributed by atoms with E-state index in [9.17, 15) is 4.79 Å². The molecule has 3 rings (SSSR count). The molecule has 2 aromatic heterocycles. The lowest BCUT2D eigenvalue weighted by Gasteiger charge is -2.22. The third kappa shape index (κ3) is 5.69. The molecule has 150 valence electrons. The molecule has 0 unspecified atom stereocenters. The standard InChI is InChI=1S/C19H22Cl2N4O3/c1-2-27-16(26)10-14-17(20)24-19(21)25-18(14)23-12-8-9-15(22-11-12)28-13-6-4-3-5-7-13/h8-9,11,13H,2-7,10H2,1H3,(H,23,24,25). The molecule has 9 heteroatoms. The molecule has 0 radical (unpaired) electrons. The summed E-state index contributed by atoms with van der Waals surface area (Å²) >= 11 is 12.1. The molecule has 1 aliphatic carbocycles. The highest BCUT2D eigenvalue weighted by atomic mass is 35.5. The molecular weight excluding hydrogens is 403 g/mol. The Bertz CT molecular complexity index is 812. The minimum absolute atomic E-state index is 0.0229. The first-order valence-corrected chi connectivity index (χ1v) is 10.1. The maximum Gasteiger partial charge on any atom is 0.310 e. The van der Waals surface area contributed by atoms with Crippen molar-refractivity contribution in [1.82, 2.24) is 15.0 Å². The molecule has 0 saturated heterocycles. The molecule has 0 atom stereocenters. The predicted molar refractivity (Wildman–Crippen MR) is 107 cm³/mol. The number of nitrogens with zero attached hydrogens (tertiary/aromatic N) is 3. The fraction of sp³-hybridized carbons (Fsp3) is 0.474. The zero-order valence-electron chi connectivity index (χ0n) is 15.6. The lowest BCUT2D eigenvalue weighted by Crippen LogP contribution is -2.20. The van der Waals surface area contributed by atoms with Gasteiger partial charge in [-0.05, 0) is 50.3 Å². The fourth-order valence-corrected chi connectivity index (χ4v) is 3.51. The Hall–Kier alpha value is -2.12. The molecular formula is C19H22Cl2N4O3. The second-order valence-corrected chi connectivity index (χ2v) is 7.18. The summed E-state index contributed by atoms with van der Waals surface area (Å²) in [7, 11) is 0. The number of anilines is 2. The summed E-state index contributed by atoms with van der Waals surface area (Å²) in [6.07, 6.45) is 7.60. The third-order valence-electron chi connectivity index (χ3n) is 4.39. The van der Waals surface area contributed by atoms with Crippen molar-refractivity contribution in [3.63, 3.8) is 0 Å². The van der Waals surface area contributed by atoms with Crippen LogP contribution in [0.25, 0.3) is 0 Å². The molecule has 7 nitrogen and oxygen atoms in total. The van der Waals surface area contributed by atoms with Crippen molar-refractivity contribution in [2.75, 3.05) is 11.9 Å². The Kier molecular flexibility index (Phi) is 7.28. The Morgan fingerprint density at radius 3 is 2.68 bits per heavy atom. The van der Waals surface area contributed by atoms with E-state index in [0.29, 0.717) is 22.9 Å². The van der Waals surface area contributed by atoms with Crippen LogP contribution in [0.5, 0.6) is 5.88 Å². The number of ether oxygens (including phenoxy) is 2. The zero-order valence-corrected chi connectivity index (χ0v) is 17.1. The highest BCUT2D eigenvalue weighted by molar-refractivity contribution is 6.32. The van der Waals surface area contributed by atoms with Gasteiger partial charge < -0.3 is 14.8 Å². The number of rotatable bonds is 7. The third-order valence-corrected chi connectivity index (χ3v) is 4.88. The maximum absolute atomic E-state index is 11.9. The van der Waals surface area contributed by atoms with Crippen LogP contribution in [0.15, 0.2) is 18.3 Å². The van der Waals surface area contributed by atoms with Gasteiger partial charge in [-0.15, -0.1) is 0 Å². The second-order valence-electron chi connectivity index (χ2n) is 6.48. The van der Waals surface area contributed by atoms with Gasteiger partial charge in [-0.2, -0.15) is 0 Å². The first-order chi connectivity index (χ1) is 13.5. The molecule has 0 aliphatic heterocycles. The molecule has 28 heavy (non-hydrogen) atoms. The van der Waals surface area contributed by atoms with Crippen LogP contribution in [0.1, 0.15) is 44.6 Å². The van der Waals surface area contributed by atoms with Gasteiger partial charge >= 0.3 is 5.97 Å². The van der Waals surface area contributed by atoms with Crippen molar-refractivity contribution in [3.05, 3.63) is 34.3 Å². The van der Waals surface area contributed by atoms with Crippen LogP contribution in [-0.2, 0) is 16.0 Å². The molecule has 1 N–H and O–H groups in total. The average Bonchev–Trinajstić information content (AvgIpc) is 2.67. The van der Waals surface area contributed by atoms with Crippen LogP contribution >= 0.6 is 23.2 Å². The SMILES string of the molecule is CCOC(=O)Cc1c(Cl)nc(Cl)nc1Nc1ccc(OC2CCCCC2)nc1. The van der Waals surface area contributed by atoms with E-state index in [2.05, 4.69) is 20.3 Å². The second kappa shape index (κ2) is 9.89.